The molecule has 7 heteroatoms. The van der Waals surface area contributed by atoms with Gasteiger partial charge in [-0.3, -0.25) is 4.79 Å². The third-order valence-corrected chi connectivity index (χ3v) is 4.44. The molecule has 0 aliphatic carbocycles. The zero-order valence-corrected chi connectivity index (χ0v) is 15.4. The predicted octanol–water partition coefficient (Wildman–Crippen LogP) is 2.94. The Balaban J connectivity index is 0.00000225. The largest absolute Gasteiger partial charge is 0.490 e. The van der Waals surface area contributed by atoms with Crippen LogP contribution in [0.4, 0.5) is 0 Å². The second-order valence-electron chi connectivity index (χ2n) is 6.22. The molecule has 3 N–H and O–H groups in total. The van der Waals surface area contributed by atoms with Crippen molar-refractivity contribution < 1.29 is 18.7 Å². The van der Waals surface area contributed by atoms with E-state index in [4.69, 9.17) is 19.6 Å². The molecule has 2 aromatic rings. The molecule has 25 heavy (non-hydrogen) atoms. The molecule has 0 spiro atoms. The summed E-state index contributed by atoms with van der Waals surface area (Å²) in [5.74, 6) is 1.23. The lowest BCUT2D eigenvalue weighted by molar-refractivity contribution is -0.130. The van der Waals surface area contributed by atoms with Crippen LogP contribution in [0.25, 0.3) is 11.0 Å². The van der Waals surface area contributed by atoms with Crippen molar-refractivity contribution in [1.82, 2.24) is 5.32 Å². The molecular weight excluding hydrogens is 344 g/mol. The van der Waals surface area contributed by atoms with Crippen LogP contribution in [0, 0.1) is 0 Å². The molecule has 0 saturated carbocycles. The highest BCUT2D eigenvalue weighted by Gasteiger charge is 2.36. The van der Waals surface area contributed by atoms with Gasteiger partial charge in [0.25, 0.3) is 0 Å². The van der Waals surface area contributed by atoms with Crippen LogP contribution >= 0.6 is 12.4 Å². The third-order valence-electron chi connectivity index (χ3n) is 4.44. The maximum absolute atomic E-state index is 12.5. The second kappa shape index (κ2) is 8.08. The first-order chi connectivity index (χ1) is 11.5. The number of nitrogens with two attached hydrogens (primary N) is 1. The van der Waals surface area contributed by atoms with Crippen molar-refractivity contribution in [3.05, 3.63) is 30.0 Å². The zero-order chi connectivity index (χ0) is 17.2. The lowest BCUT2D eigenvalue weighted by atomic mass is 9.90. The number of fused-ring (bicyclic) bond motifs is 1. The van der Waals surface area contributed by atoms with E-state index in [9.17, 15) is 4.79 Å². The number of hydrogen-bond donors (Lipinski definition) is 2. The van der Waals surface area contributed by atoms with Crippen molar-refractivity contribution in [2.45, 2.75) is 38.3 Å². The van der Waals surface area contributed by atoms with Gasteiger partial charge in [0.05, 0.1) is 18.2 Å². The Kier molecular flexibility index (Phi) is 6.32. The molecule has 1 aromatic carbocycles. The average Bonchev–Trinajstić information content (AvgIpc) is 3.01. The summed E-state index contributed by atoms with van der Waals surface area (Å²) in [7, 11) is 0. The first-order valence-electron chi connectivity index (χ1n) is 8.36. The van der Waals surface area contributed by atoms with Gasteiger partial charge in [-0.2, -0.15) is 0 Å². The Bertz CT molecular complexity index is 725. The van der Waals surface area contributed by atoms with Gasteiger partial charge in [0.2, 0.25) is 5.91 Å². The van der Waals surface area contributed by atoms with E-state index in [-0.39, 0.29) is 24.4 Å². The minimum absolute atomic E-state index is 0. The topological polar surface area (TPSA) is 86.7 Å². The lowest BCUT2D eigenvalue weighted by Crippen LogP contribution is -2.57. The zero-order valence-electron chi connectivity index (χ0n) is 14.5. The quantitative estimate of drug-likeness (QED) is 0.847. The fraction of sp³-hybridized carbons (Fsp3) is 0.500. The van der Waals surface area contributed by atoms with Crippen molar-refractivity contribution in [3.8, 4) is 5.75 Å². The van der Waals surface area contributed by atoms with Crippen LogP contribution < -0.4 is 15.8 Å². The molecule has 0 bridgehead atoms. The van der Waals surface area contributed by atoms with E-state index in [1.165, 1.54) is 0 Å². The average molecular weight is 369 g/mol. The van der Waals surface area contributed by atoms with Crippen molar-refractivity contribution in [2.24, 2.45) is 5.73 Å². The van der Waals surface area contributed by atoms with E-state index in [1.54, 1.807) is 0 Å². The number of hydrogen-bond acceptors (Lipinski definition) is 5. The standard InChI is InChI=1S/C18H24N2O4.ClH/c1-3-23-14-6-4-5-13-11-15(24-16(13)14)12(2)20-17(21)18(19)7-9-22-10-8-18;/h4-6,11-12H,3,7-10,19H2,1-2H3,(H,20,21);1H. The molecule has 1 saturated heterocycles. The van der Waals surface area contributed by atoms with E-state index >= 15 is 0 Å². The second-order valence-corrected chi connectivity index (χ2v) is 6.22. The smallest absolute Gasteiger partial charge is 0.240 e. The fourth-order valence-corrected chi connectivity index (χ4v) is 2.91. The minimum Gasteiger partial charge on any atom is -0.490 e. The highest BCUT2D eigenvalue weighted by molar-refractivity contribution is 5.87. The van der Waals surface area contributed by atoms with Crippen molar-refractivity contribution in [1.29, 1.82) is 0 Å². The summed E-state index contributed by atoms with van der Waals surface area (Å²) in [5, 5.41) is 3.91. The predicted molar refractivity (Wildman–Crippen MR) is 98.2 cm³/mol. The van der Waals surface area contributed by atoms with Gasteiger partial charge in [0, 0.05) is 18.6 Å². The van der Waals surface area contributed by atoms with Crippen LogP contribution in [0.2, 0.25) is 0 Å². The normalized spacial score (nSPS) is 17.6. The maximum atomic E-state index is 12.5. The Morgan fingerprint density at radius 3 is 2.80 bits per heavy atom. The Morgan fingerprint density at radius 2 is 2.12 bits per heavy atom. The van der Waals surface area contributed by atoms with Crippen molar-refractivity contribution >= 4 is 29.3 Å². The molecule has 1 amide bonds. The van der Waals surface area contributed by atoms with E-state index in [2.05, 4.69) is 5.32 Å². The first-order valence-corrected chi connectivity index (χ1v) is 8.36. The van der Waals surface area contributed by atoms with Gasteiger partial charge in [-0.25, -0.2) is 0 Å². The highest BCUT2D eigenvalue weighted by atomic mass is 35.5. The number of carbonyl (C=O) groups excluding carboxylic acids is 1. The molecule has 1 aliphatic rings. The molecule has 1 aromatic heterocycles. The third kappa shape index (κ3) is 4.08. The van der Waals surface area contributed by atoms with Crippen molar-refractivity contribution in [3.63, 3.8) is 0 Å². The molecule has 138 valence electrons. The summed E-state index contributed by atoms with van der Waals surface area (Å²) in [5.41, 5.74) is 6.06. The molecule has 2 heterocycles. The summed E-state index contributed by atoms with van der Waals surface area (Å²) in [6, 6.07) is 7.41. The molecular formula is C18H25ClN2O4. The Labute approximate surface area is 153 Å². The van der Waals surface area contributed by atoms with E-state index < -0.39 is 5.54 Å². The Hall–Kier alpha value is -1.76. The van der Waals surface area contributed by atoms with Gasteiger partial charge < -0.3 is 24.9 Å². The molecule has 1 aliphatic heterocycles. The molecule has 1 atom stereocenters. The molecule has 6 nitrogen and oxygen atoms in total. The highest BCUT2D eigenvalue weighted by Crippen LogP contribution is 2.31. The monoisotopic (exact) mass is 368 g/mol. The summed E-state index contributed by atoms with van der Waals surface area (Å²) in [6.07, 6.45) is 1.06. The number of benzene rings is 1. The summed E-state index contributed by atoms with van der Waals surface area (Å²) >= 11 is 0. The summed E-state index contributed by atoms with van der Waals surface area (Å²) in [4.78, 5) is 12.5. The fourth-order valence-electron chi connectivity index (χ4n) is 2.91. The molecule has 0 radical (unpaired) electrons. The number of ether oxygens (including phenoxy) is 2. The summed E-state index contributed by atoms with van der Waals surface area (Å²) in [6.45, 7) is 5.42. The SMILES string of the molecule is CCOc1cccc2cc(C(C)NC(=O)C3(N)CCOCC3)oc12.Cl. The van der Waals surface area contributed by atoms with Crippen LogP contribution in [0.15, 0.2) is 28.7 Å². The number of carbonyl (C=O) groups is 1. The van der Waals surface area contributed by atoms with Crippen LogP contribution in [0.1, 0.15) is 38.5 Å². The first kappa shape index (κ1) is 19.6. The van der Waals surface area contributed by atoms with Gasteiger partial charge in [-0.15, -0.1) is 12.4 Å². The lowest BCUT2D eigenvalue weighted by Gasteiger charge is -2.32. The maximum Gasteiger partial charge on any atom is 0.240 e. The number of halogens is 1. The van der Waals surface area contributed by atoms with E-state index in [0.717, 1.165) is 5.39 Å². The van der Waals surface area contributed by atoms with Crippen LogP contribution in [0.3, 0.4) is 0 Å². The molecule has 3 rings (SSSR count). The number of furan rings is 1. The Morgan fingerprint density at radius 1 is 1.40 bits per heavy atom. The van der Waals surface area contributed by atoms with Gasteiger partial charge in [0.15, 0.2) is 11.3 Å². The summed E-state index contributed by atoms with van der Waals surface area (Å²) < 4.78 is 16.8. The van der Waals surface area contributed by atoms with Gasteiger partial charge in [-0.1, -0.05) is 12.1 Å². The molecule has 1 unspecified atom stereocenters. The van der Waals surface area contributed by atoms with Crippen molar-refractivity contribution in [2.75, 3.05) is 19.8 Å². The van der Waals surface area contributed by atoms with Crippen LogP contribution in [-0.4, -0.2) is 31.3 Å². The van der Waals surface area contributed by atoms with Gasteiger partial charge in [-0.05, 0) is 38.8 Å². The number of rotatable bonds is 5. The van der Waals surface area contributed by atoms with Crippen LogP contribution in [-0.2, 0) is 9.53 Å². The van der Waals surface area contributed by atoms with E-state index in [0.29, 0.717) is 49.8 Å². The van der Waals surface area contributed by atoms with Crippen LogP contribution in [0.5, 0.6) is 5.75 Å². The number of para-hydroxylation sites is 1. The van der Waals surface area contributed by atoms with Gasteiger partial charge >= 0.3 is 0 Å². The number of amides is 1. The minimum atomic E-state index is -0.866. The number of nitrogens with one attached hydrogen (secondary N) is 1. The van der Waals surface area contributed by atoms with Gasteiger partial charge in [0.1, 0.15) is 5.76 Å². The molecule has 1 fully saturated rings. The van der Waals surface area contributed by atoms with E-state index in [1.807, 2.05) is 38.1 Å².